The summed E-state index contributed by atoms with van der Waals surface area (Å²) in [4.78, 5) is 4.59. The number of nitriles is 1. The Morgan fingerprint density at radius 3 is 2.75 bits per heavy atom. The van der Waals surface area contributed by atoms with Crippen molar-refractivity contribution in [2.24, 2.45) is 0 Å². The summed E-state index contributed by atoms with van der Waals surface area (Å²) in [5.41, 5.74) is 3.22. The number of hydrogen-bond donors (Lipinski definition) is 0. The molecule has 0 amide bonds. The molecule has 0 bridgehead atoms. The molecule has 0 N–H and O–H groups in total. The molecular weight excluding hydrogens is 340 g/mol. The van der Waals surface area contributed by atoms with E-state index < -0.39 is 0 Å². The van der Waals surface area contributed by atoms with Gasteiger partial charge in [-0.15, -0.1) is 11.3 Å². The summed E-state index contributed by atoms with van der Waals surface area (Å²) in [7, 11) is 1.63. The highest BCUT2D eigenvalue weighted by Crippen LogP contribution is 2.29. The van der Waals surface area contributed by atoms with Crippen LogP contribution in [0.2, 0.25) is 5.02 Å². The zero-order valence-electron chi connectivity index (χ0n) is 12.9. The highest BCUT2D eigenvalue weighted by atomic mass is 35.5. The van der Waals surface area contributed by atoms with Gasteiger partial charge in [-0.25, -0.2) is 4.98 Å². The molecular formula is C19H13ClN2OS. The standard InChI is InChI=1S/C19H13ClN2OS/c1-23-17-4-2-3-14(10-17)18-12-24-19(22-18)15(11-21)9-13-5-7-16(20)8-6-13/h2-10,12H,1H3. The molecule has 0 saturated carbocycles. The van der Waals surface area contributed by atoms with Crippen LogP contribution in [-0.2, 0) is 0 Å². The first-order valence-corrected chi connectivity index (χ1v) is 8.43. The Labute approximate surface area is 149 Å². The molecule has 0 aliphatic rings. The van der Waals surface area contributed by atoms with Crippen LogP contribution in [0.1, 0.15) is 10.6 Å². The average Bonchev–Trinajstić information content (AvgIpc) is 3.11. The second-order valence-electron chi connectivity index (χ2n) is 4.99. The molecule has 3 aromatic rings. The van der Waals surface area contributed by atoms with Gasteiger partial charge in [0.15, 0.2) is 0 Å². The molecule has 24 heavy (non-hydrogen) atoms. The average molecular weight is 353 g/mol. The van der Waals surface area contributed by atoms with Crippen molar-refractivity contribution in [3.63, 3.8) is 0 Å². The van der Waals surface area contributed by atoms with Gasteiger partial charge in [0, 0.05) is 16.0 Å². The quantitative estimate of drug-likeness (QED) is 0.579. The van der Waals surface area contributed by atoms with Gasteiger partial charge >= 0.3 is 0 Å². The Balaban J connectivity index is 1.93. The van der Waals surface area contributed by atoms with Crippen molar-refractivity contribution in [3.8, 4) is 23.1 Å². The first-order chi connectivity index (χ1) is 11.7. The predicted molar refractivity (Wildman–Crippen MR) is 99.0 cm³/mol. The number of thiazole rings is 1. The van der Waals surface area contributed by atoms with Crippen LogP contribution in [-0.4, -0.2) is 12.1 Å². The van der Waals surface area contributed by atoms with E-state index in [0.29, 0.717) is 15.6 Å². The predicted octanol–water partition coefficient (Wildman–Crippen LogP) is 5.54. The first kappa shape index (κ1) is 16.3. The molecule has 1 heterocycles. The number of aromatic nitrogens is 1. The molecule has 118 valence electrons. The summed E-state index contributed by atoms with van der Waals surface area (Å²) in [5, 5.41) is 12.8. The van der Waals surface area contributed by atoms with Crippen LogP contribution in [0.4, 0.5) is 0 Å². The molecule has 0 saturated heterocycles. The fourth-order valence-electron chi connectivity index (χ4n) is 2.18. The van der Waals surface area contributed by atoms with Crippen LogP contribution in [0, 0.1) is 11.3 Å². The van der Waals surface area contributed by atoms with Crippen molar-refractivity contribution in [2.45, 2.75) is 0 Å². The Morgan fingerprint density at radius 1 is 1.25 bits per heavy atom. The zero-order valence-corrected chi connectivity index (χ0v) is 14.4. The smallest absolute Gasteiger partial charge is 0.134 e. The SMILES string of the molecule is COc1cccc(-c2csc(C(C#N)=Cc3ccc(Cl)cc3)n2)c1. The lowest BCUT2D eigenvalue weighted by Gasteiger charge is -2.01. The molecule has 0 fully saturated rings. The van der Waals surface area contributed by atoms with Crippen molar-refractivity contribution in [2.75, 3.05) is 7.11 Å². The lowest BCUT2D eigenvalue weighted by Crippen LogP contribution is -1.85. The van der Waals surface area contributed by atoms with Crippen LogP contribution < -0.4 is 4.74 Å². The molecule has 0 atom stereocenters. The molecule has 0 spiro atoms. The number of rotatable bonds is 4. The number of benzene rings is 2. The first-order valence-electron chi connectivity index (χ1n) is 7.17. The van der Waals surface area contributed by atoms with Gasteiger partial charge in [0.05, 0.1) is 18.4 Å². The molecule has 3 rings (SSSR count). The van der Waals surface area contributed by atoms with E-state index in [4.69, 9.17) is 16.3 Å². The highest BCUT2D eigenvalue weighted by molar-refractivity contribution is 7.11. The molecule has 5 heteroatoms. The maximum Gasteiger partial charge on any atom is 0.134 e. The van der Waals surface area contributed by atoms with Gasteiger partial charge in [0.25, 0.3) is 0 Å². The van der Waals surface area contributed by atoms with E-state index >= 15 is 0 Å². The number of halogens is 1. The van der Waals surface area contributed by atoms with Gasteiger partial charge in [-0.2, -0.15) is 5.26 Å². The zero-order chi connectivity index (χ0) is 16.9. The number of methoxy groups -OCH3 is 1. The van der Waals surface area contributed by atoms with Crippen LogP contribution in [0.25, 0.3) is 22.9 Å². The maximum absolute atomic E-state index is 9.46. The second-order valence-corrected chi connectivity index (χ2v) is 6.29. The van der Waals surface area contributed by atoms with Crippen molar-refractivity contribution < 1.29 is 4.74 Å². The summed E-state index contributed by atoms with van der Waals surface area (Å²) < 4.78 is 5.24. The summed E-state index contributed by atoms with van der Waals surface area (Å²) >= 11 is 7.33. The summed E-state index contributed by atoms with van der Waals surface area (Å²) in [6.07, 6.45) is 1.81. The molecule has 0 radical (unpaired) electrons. The van der Waals surface area contributed by atoms with Gasteiger partial charge in [-0.3, -0.25) is 0 Å². The van der Waals surface area contributed by atoms with Gasteiger partial charge in [-0.05, 0) is 35.9 Å². The van der Waals surface area contributed by atoms with Gasteiger partial charge < -0.3 is 4.74 Å². The van der Waals surface area contributed by atoms with Crippen LogP contribution >= 0.6 is 22.9 Å². The van der Waals surface area contributed by atoms with Crippen molar-refractivity contribution in [1.29, 1.82) is 5.26 Å². The minimum absolute atomic E-state index is 0.525. The number of ether oxygens (including phenoxy) is 1. The fourth-order valence-corrected chi connectivity index (χ4v) is 3.10. The number of hydrogen-bond acceptors (Lipinski definition) is 4. The normalized spacial score (nSPS) is 11.1. The van der Waals surface area contributed by atoms with E-state index in [9.17, 15) is 5.26 Å². The molecule has 0 aliphatic carbocycles. The highest BCUT2D eigenvalue weighted by Gasteiger charge is 2.09. The van der Waals surface area contributed by atoms with E-state index in [1.807, 2.05) is 47.9 Å². The van der Waals surface area contributed by atoms with Crippen LogP contribution in [0.5, 0.6) is 5.75 Å². The van der Waals surface area contributed by atoms with Crippen LogP contribution in [0.15, 0.2) is 53.9 Å². The third-order valence-corrected chi connectivity index (χ3v) is 4.53. The fraction of sp³-hybridized carbons (Fsp3) is 0.0526. The summed E-state index contributed by atoms with van der Waals surface area (Å²) in [6, 6.07) is 17.3. The van der Waals surface area contributed by atoms with E-state index in [0.717, 1.165) is 22.6 Å². The van der Waals surface area contributed by atoms with Crippen molar-refractivity contribution in [1.82, 2.24) is 4.98 Å². The van der Waals surface area contributed by atoms with E-state index in [1.54, 1.807) is 19.2 Å². The molecule has 0 unspecified atom stereocenters. The number of allylic oxidation sites excluding steroid dienone is 1. The Morgan fingerprint density at radius 2 is 2.04 bits per heavy atom. The van der Waals surface area contributed by atoms with Crippen molar-refractivity contribution in [3.05, 3.63) is 69.5 Å². The van der Waals surface area contributed by atoms with Crippen LogP contribution in [0.3, 0.4) is 0 Å². The monoisotopic (exact) mass is 352 g/mol. The molecule has 0 aliphatic heterocycles. The molecule has 1 aromatic heterocycles. The third kappa shape index (κ3) is 3.65. The minimum atomic E-state index is 0.525. The van der Waals surface area contributed by atoms with E-state index in [-0.39, 0.29) is 0 Å². The summed E-state index contributed by atoms with van der Waals surface area (Å²) in [5.74, 6) is 0.777. The van der Waals surface area contributed by atoms with E-state index in [2.05, 4.69) is 11.1 Å². The van der Waals surface area contributed by atoms with E-state index in [1.165, 1.54) is 11.3 Å². The van der Waals surface area contributed by atoms with Gasteiger partial charge in [0.2, 0.25) is 0 Å². The Bertz CT molecular complexity index is 923. The second kappa shape index (κ2) is 7.31. The minimum Gasteiger partial charge on any atom is -0.497 e. The van der Waals surface area contributed by atoms with Gasteiger partial charge in [0.1, 0.15) is 16.8 Å². The van der Waals surface area contributed by atoms with Gasteiger partial charge in [-0.1, -0.05) is 35.9 Å². The lowest BCUT2D eigenvalue weighted by atomic mass is 10.1. The third-order valence-electron chi connectivity index (χ3n) is 3.40. The lowest BCUT2D eigenvalue weighted by molar-refractivity contribution is 0.415. The Hall–Kier alpha value is -2.61. The van der Waals surface area contributed by atoms with Crippen molar-refractivity contribution >= 4 is 34.6 Å². The summed E-state index contributed by atoms with van der Waals surface area (Å²) in [6.45, 7) is 0. The maximum atomic E-state index is 9.46. The number of nitrogens with zero attached hydrogens (tertiary/aromatic N) is 2. The Kier molecular flexibility index (Phi) is 4.95. The molecule has 2 aromatic carbocycles. The molecule has 3 nitrogen and oxygen atoms in total. The largest absolute Gasteiger partial charge is 0.497 e. The topological polar surface area (TPSA) is 45.9 Å².